The molecule has 1 aromatic carbocycles. The molecule has 0 aliphatic heterocycles. The van der Waals surface area contributed by atoms with E-state index in [0.717, 1.165) is 37.9 Å². The van der Waals surface area contributed by atoms with Gasteiger partial charge in [-0.1, -0.05) is 13.8 Å². The van der Waals surface area contributed by atoms with Crippen molar-refractivity contribution in [1.82, 2.24) is 20.0 Å². The summed E-state index contributed by atoms with van der Waals surface area (Å²) < 4.78 is 38.6. The van der Waals surface area contributed by atoms with Crippen LogP contribution in [0.1, 0.15) is 55.5 Å². The number of imidazole rings is 1. The molecule has 7 nitrogen and oxygen atoms in total. The van der Waals surface area contributed by atoms with Gasteiger partial charge in [-0.15, -0.1) is 0 Å². The summed E-state index contributed by atoms with van der Waals surface area (Å²) in [5.41, 5.74) is 3.34. The third kappa shape index (κ3) is 4.82. The van der Waals surface area contributed by atoms with Gasteiger partial charge in [0.15, 0.2) is 0 Å². The molecule has 3 aromatic rings. The number of hydrogen-bond donors (Lipinski definition) is 2. The summed E-state index contributed by atoms with van der Waals surface area (Å²) in [5.74, 6) is -0.547. The second-order valence-electron chi connectivity index (χ2n) is 9.78. The van der Waals surface area contributed by atoms with Crippen LogP contribution in [0.3, 0.4) is 0 Å². The number of aromatic nitrogens is 2. The number of carbonyl (C=O) groups excluding carboxylic acids is 1. The second kappa shape index (κ2) is 9.11. The first-order valence-electron chi connectivity index (χ1n) is 12.0. The molecular weight excluding hydrogens is 454 g/mol. The number of amides is 1. The number of fused-ring (bicyclic) bond motifs is 1. The van der Waals surface area contributed by atoms with E-state index in [-0.39, 0.29) is 28.5 Å². The van der Waals surface area contributed by atoms with E-state index in [0.29, 0.717) is 17.3 Å². The summed E-state index contributed by atoms with van der Waals surface area (Å²) >= 11 is 0. The molecular formula is C26H30F2N4O3. The monoisotopic (exact) mass is 484 g/mol. The van der Waals surface area contributed by atoms with E-state index >= 15 is 0 Å². The smallest absolute Gasteiger partial charge is 0.387 e. The number of carbonyl (C=O) groups is 1. The number of benzene rings is 1. The van der Waals surface area contributed by atoms with Crippen LogP contribution < -0.4 is 20.1 Å². The summed E-state index contributed by atoms with van der Waals surface area (Å²) in [6.45, 7) is 2.12. The van der Waals surface area contributed by atoms with Gasteiger partial charge in [-0.3, -0.25) is 9.20 Å². The number of hydrogen-bond acceptors (Lipinski definition) is 5. The van der Waals surface area contributed by atoms with E-state index in [1.165, 1.54) is 18.7 Å². The molecule has 0 unspecified atom stereocenters. The largest absolute Gasteiger partial charge is 0.496 e. The molecule has 0 radical (unpaired) electrons. The summed E-state index contributed by atoms with van der Waals surface area (Å²) in [6, 6.07) is 7.77. The van der Waals surface area contributed by atoms with Crippen LogP contribution in [-0.2, 0) is 5.41 Å². The lowest BCUT2D eigenvalue weighted by atomic mass is 9.96. The van der Waals surface area contributed by atoms with Gasteiger partial charge >= 0.3 is 6.61 Å². The van der Waals surface area contributed by atoms with Crippen molar-refractivity contribution in [3.8, 4) is 22.8 Å². The molecule has 0 atom stereocenters. The van der Waals surface area contributed by atoms with Crippen LogP contribution in [0.15, 0.2) is 36.7 Å². The van der Waals surface area contributed by atoms with Crippen LogP contribution in [0.2, 0.25) is 0 Å². The van der Waals surface area contributed by atoms with Gasteiger partial charge < -0.3 is 20.1 Å². The minimum absolute atomic E-state index is 0.0344. The lowest BCUT2D eigenvalue weighted by Crippen LogP contribution is -2.32. The average Bonchev–Trinajstić information content (AvgIpc) is 3.75. The normalized spacial score (nSPS) is 16.7. The molecule has 0 spiro atoms. The van der Waals surface area contributed by atoms with Gasteiger partial charge in [0.2, 0.25) is 0 Å². The van der Waals surface area contributed by atoms with Gasteiger partial charge in [-0.2, -0.15) is 8.78 Å². The molecule has 0 bridgehead atoms. The fourth-order valence-electron chi connectivity index (χ4n) is 4.44. The van der Waals surface area contributed by atoms with Gasteiger partial charge in [0, 0.05) is 35.8 Å². The van der Waals surface area contributed by atoms with Gasteiger partial charge in [-0.25, -0.2) is 4.98 Å². The number of halogens is 2. The summed E-state index contributed by atoms with van der Waals surface area (Å²) in [4.78, 5) is 17.4. The Labute approximate surface area is 202 Å². The zero-order valence-electron chi connectivity index (χ0n) is 20.1. The quantitative estimate of drug-likeness (QED) is 0.442. The molecule has 2 aliphatic carbocycles. The lowest BCUT2D eigenvalue weighted by molar-refractivity contribution is -0.0502. The Kier molecular flexibility index (Phi) is 6.13. The Morgan fingerprint density at radius 2 is 1.97 bits per heavy atom. The molecule has 2 saturated carbocycles. The lowest BCUT2D eigenvalue weighted by Gasteiger charge is -2.19. The number of rotatable bonds is 10. The van der Waals surface area contributed by atoms with Gasteiger partial charge in [0.05, 0.1) is 19.0 Å². The molecule has 9 heteroatoms. The predicted octanol–water partition coefficient (Wildman–Crippen LogP) is 4.53. The van der Waals surface area contributed by atoms with Gasteiger partial charge in [-0.05, 0) is 55.5 Å². The third-order valence-electron chi connectivity index (χ3n) is 6.77. The topological polar surface area (TPSA) is 76.9 Å². The number of methoxy groups -OCH3 is 1. The second-order valence-corrected chi connectivity index (χ2v) is 9.78. The molecule has 2 fully saturated rings. The Balaban J connectivity index is 1.52. The zero-order valence-corrected chi connectivity index (χ0v) is 20.1. The van der Waals surface area contributed by atoms with Gasteiger partial charge in [0.1, 0.15) is 22.7 Å². The first-order valence-corrected chi connectivity index (χ1v) is 12.0. The van der Waals surface area contributed by atoms with E-state index in [2.05, 4.69) is 41.6 Å². The van der Waals surface area contributed by atoms with Crippen LogP contribution in [0.5, 0.6) is 11.5 Å². The molecule has 2 aliphatic rings. The first kappa shape index (κ1) is 23.5. The number of alkyl halides is 2. The molecule has 2 aromatic heterocycles. The van der Waals surface area contributed by atoms with E-state index in [1.54, 1.807) is 12.3 Å². The van der Waals surface area contributed by atoms with Crippen molar-refractivity contribution in [2.45, 2.75) is 63.6 Å². The standard InChI is InChI=1S/C26H30F2N4O3/c1-15(2)30-14-26(7-8-26)17-6-9-32-19(13-29-22(32)12-17)16-10-20(34-3)23(21(11-16)35-25(27)28)24(33)31-18-4-5-18/h6,9-13,15,18,25,30H,4-5,7-8,14H2,1-3H3,(H,31,33). The maximum Gasteiger partial charge on any atom is 0.387 e. The maximum atomic E-state index is 13.3. The van der Waals surface area contributed by atoms with Crippen LogP contribution in [0.25, 0.3) is 16.9 Å². The van der Waals surface area contributed by atoms with Crippen LogP contribution >= 0.6 is 0 Å². The van der Waals surface area contributed by atoms with E-state index in [9.17, 15) is 13.6 Å². The molecule has 186 valence electrons. The summed E-state index contributed by atoms with van der Waals surface area (Å²) in [7, 11) is 1.40. The molecule has 1 amide bonds. The van der Waals surface area contributed by atoms with E-state index in [1.807, 2.05) is 10.6 Å². The Morgan fingerprint density at radius 1 is 1.23 bits per heavy atom. The molecule has 35 heavy (non-hydrogen) atoms. The number of ether oxygens (including phenoxy) is 2. The highest BCUT2D eigenvalue weighted by Crippen LogP contribution is 2.48. The molecule has 5 rings (SSSR count). The Morgan fingerprint density at radius 3 is 2.60 bits per heavy atom. The number of nitrogens with one attached hydrogen (secondary N) is 2. The van der Waals surface area contributed by atoms with Crippen molar-refractivity contribution < 1.29 is 23.0 Å². The molecule has 2 N–H and O–H groups in total. The van der Waals surface area contributed by atoms with Gasteiger partial charge in [0.25, 0.3) is 5.91 Å². The fraction of sp³-hybridized carbons (Fsp3) is 0.462. The first-order chi connectivity index (χ1) is 16.8. The Hall–Kier alpha value is -3.20. The zero-order chi connectivity index (χ0) is 24.7. The summed E-state index contributed by atoms with van der Waals surface area (Å²) in [6.07, 6.45) is 7.65. The highest BCUT2D eigenvalue weighted by molar-refractivity contribution is 6.01. The average molecular weight is 485 g/mol. The highest BCUT2D eigenvalue weighted by atomic mass is 19.3. The summed E-state index contributed by atoms with van der Waals surface area (Å²) in [5, 5.41) is 6.36. The minimum atomic E-state index is -3.08. The van der Waals surface area contributed by atoms with E-state index < -0.39 is 12.5 Å². The van der Waals surface area contributed by atoms with Crippen molar-refractivity contribution in [1.29, 1.82) is 0 Å². The fourth-order valence-corrected chi connectivity index (χ4v) is 4.44. The van der Waals surface area contributed by atoms with Crippen molar-refractivity contribution in [2.75, 3.05) is 13.7 Å². The predicted molar refractivity (Wildman–Crippen MR) is 128 cm³/mol. The van der Waals surface area contributed by atoms with Crippen molar-refractivity contribution in [2.24, 2.45) is 0 Å². The number of pyridine rings is 1. The highest BCUT2D eigenvalue weighted by Gasteiger charge is 2.44. The third-order valence-corrected chi connectivity index (χ3v) is 6.77. The van der Waals surface area contributed by atoms with Crippen LogP contribution in [0, 0.1) is 0 Å². The number of nitrogens with zero attached hydrogens (tertiary/aromatic N) is 2. The Bertz CT molecular complexity index is 1250. The SMILES string of the molecule is COc1cc(-c2cnc3cc(C4(CNC(C)C)CC4)ccn23)cc(OC(F)F)c1C(=O)NC1CC1. The van der Waals surface area contributed by atoms with Crippen LogP contribution in [-0.4, -0.2) is 47.6 Å². The molecule has 2 heterocycles. The van der Waals surface area contributed by atoms with Crippen molar-refractivity contribution in [3.05, 3.63) is 47.8 Å². The van der Waals surface area contributed by atoms with E-state index in [4.69, 9.17) is 9.47 Å². The van der Waals surface area contributed by atoms with Crippen molar-refractivity contribution in [3.63, 3.8) is 0 Å². The maximum absolute atomic E-state index is 13.3. The van der Waals surface area contributed by atoms with Crippen molar-refractivity contribution >= 4 is 11.6 Å². The molecule has 0 saturated heterocycles. The van der Waals surface area contributed by atoms with Crippen LogP contribution in [0.4, 0.5) is 8.78 Å². The minimum Gasteiger partial charge on any atom is -0.496 e.